The molecule has 0 radical (unpaired) electrons. The smallest absolute Gasteiger partial charge is 0.307 e. The van der Waals surface area contributed by atoms with E-state index in [0.717, 1.165) is 28.8 Å². The molecule has 0 saturated heterocycles. The summed E-state index contributed by atoms with van der Waals surface area (Å²) in [4.78, 5) is 27.6. The van der Waals surface area contributed by atoms with Crippen LogP contribution in [0.15, 0.2) is 23.9 Å². The minimum Gasteiger partial charge on any atom is -0.481 e. The third-order valence-corrected chi connectivity index (χ3v) is 4.77. The Hall–Kier alpha value is -1.97. The molecule has 22 heavy (non-hydrogen) atoms. The fourth-order valence-electron chi connectivity index (χ4n) is 3.37. The van der Waals surface area contributed by atoms with Gasteiger partial charge >= 0.3 is 5.97 Å². The number of carboxylic acids is 1. The van der Waals surface area contributed by atoms with Crippen LogP contribution in [0.1, 0.15) is 57.2 Å². The summed E-state index contributed by atoms with van der Waals surface area (Å²) in [6.45, 7) is 6.04. The second-order valence-corrected chi connectivity index (χ2v) is 6.29. The zero-order valence-electron chi connectivity index (χ0n) is 13.5. The predicted octanol–water partition coefficient (Wildman–Crippen LogP) is 3.79. The molecule has 2 rings (SSSR count). The summed E-state index contributed by atoms with van der Waals surface area (Å²) in [5, 5.41) is 9.34. The Labute approximate surface area is 131 Å². The molecule has 1 aromatic rings. The lowest BCUT2D eigenvalue weighted by molar-refractivity contribution is -0.135. The summed E-state index contributed by atoms with van der Waals surface area (Å²) >= 11 is 0. The number of nitrogens with zero attached hydrogens (tertiary/aromatic N) is 1. The van der Waals surface area contributed by atoms with Gasteiger partial charge in [-0.2, -0.15) is 0 Å². The van der Waals surface area contributed by atoms with Gasteiger partial charge in [-0.25, -0.2) is 0 Å². The standard InChI is InChI=1S/C18H23NO3/c1-4-18(3)11-13(20)7-8-16(18)15(10-17(21)22)14-6-5-9-19-12(14)2/h5-6,9H,4,7-8,10-11H2,1-3H3,(H,21,22)/b16-15-. The topological polar surface area (TPSA) is 67.3 Å². The van der Waals surface area contributed by atoms with Crippen molar-refractivity contribution >= 4 is 17.3 Å². The zero-order chi connectivity index (χ0) is 16.3. The van der Waals surface area contributed by atoms with Crippen molar-refractivity contribution < 1.29 is 14.7 Å². The molecule has 1 atom stereocenters. The van der Waals surface area contributed by atoms with Crippen molar-refractivity contribution in [2.24, 2.45) is 5.41 Å². The molecular formula is C18H23NO3. The molecule has 1 N–H and O–H groups in total. The fraction of sp³-hybridized carbons (Fsp3) is 0.500. The van der Waals surface area contributed by atoms with E-state index in [1.807, 2.05) is 19.1 Å². The van der Waals surface area contributed by atoms with E-state index >= 15 is 0 Å². The number of aliphatic carboxylic acids is 1. The number of allylic oxidation sites excluding steroid dienone is 1. The highest BCUT2D eigenvalue weighted by molar-refractivity contribution is 5.89. The third kappa shape index (κ3) is 3.26. The molecule has 118 valence electrons. The molecule has 1 aliphatic carbocycles. The molecule has 0 aromatic carbocycles. The minimum atomic E-state index is -0.846. The van der Waals surface area contributed by atoms with Crippen LogP contribution in [0.3, 0.4) is 0 Å². The first-order valence-electron chi connectivity index (χ1n) is 7.75. The summed E-state index contributed by atoms with van der Waals surface area (Å²) in [6, 6.07) is 3.77. The Kier molecular flexibility index (Phi) is 4.79. The number of carbonyl (C=O) groups is 2. The van der Waals surface area contributed by atoms with Crippen LogP contribution in [-0.2, 0) is 9.59 Å². The Morgan fingerprint density at radius 2 is 2.14 bits per heavy atom. The highest BCUT2D eigenvalue weighted by atomic mass is 16.4. The Bertz CT molecular complexity index is 633. The molecule has 0 bridgehead atoms. The van der Waals surface area contributed by atoms with Gasteiger partial charge in [-0.05, 0) is 42.4 Å². The summed E-state index contributed by atoms with van der Waals surface area (Å²) < 4.78 is 0. The van der Waals surface area contributed by atoms with Crippen LogP contribution < -0.4 is 0 Å². The van der Waals surface area contributed by atoms with Crippen LogP contribution in [0.25, 0.3) is 5.57 Å². The lowest BCUT2D eigenvalue weighted by Crippen LogP contribution is -2.29. The number of hydrogen-bond donors (Lipinski definition) is 1. The van der Waals surface area contributed by atoms with E-state index in [-0.39, 0.29) is 17.6 Å². The Morgan fingerprint density at radius 3 is 2.73 bits per heavy atom. The van der Waals surface area contributed by atoms with Crippen molar-refractivity contribution in [3.05, 3.63) is 35.2 Å². The summed E-state index contributed by atoms with van der Waals surface area (Å²) in [7, 11) is 0. The first-order valence-corrected chi connectivity index (χ1v) is 7.75. The van der Waals surface area contributed by atoms with Gasteiger partial charge in [-0.1, -0.05) is 25.5 Å². The first-order chi connectivity index (χ1) is 10.4. The number of pyridine rings is 1. The molecule has 4 heteroatoms. The zero-order valence-corrected chi connectivity index (χ0v) is 13.5. The Morgan fingerprint density at radius 1 is 1.41 bits per heavy atom. The average molecular weight is 301 g/mol. The van der Waals surface area contributed by atoms with Crippen LogP contribution in [0, 0.1) is 12.3 Å². The maximum absolute atomic E-state index is 11.9. The highest BCUT2D eigenvalue weighted by Gasteiger charge is 2.36. The van der Waals surface area contributed by atoms with Crippen LogP contribution in [-0.4, -0.2) is 21.8 Å². The van der Waals surface area contributed by atoms with Crippen molar-refractivity contribution in [2.75, 3.05) is 0 Å². The number of hydrogen-bond acceptors (Lipinski definition) is 3. The van der Waals surface area contributed by atoms with Gasteiger partial charge in [-0.15, -0.1) is 0 Å². The number of carbonyl (C=O) groups excluding carboxylic acids is 1. The predicted molar refractivity (Wildman–Crippen MR) is 85.4 cm³/mol. The van der Waals surface area contributed by atoms with Crippen molar-refractivity contribution in [3.63, 3.8) is 0 Å². The average Bonchev–Trinajstić information content (AvgIpc) is 2.46. The van der Waals surface area contributed by atoms with Crippen molar-refractivity contribution in [3.8, 4) is 0 Å². The largest absolute Gasteiger partial charge is 0.481 e. The lowest BCUT2D eigenvalue weighted by Gasteiger charge is -2.37. The van der Waals surface area contributed by atoms with Crippen LogP contribution >= 0.6 is 0 Å². The fourth-order valence-corrected chi connectivity index (χ4v) is 3.37. The van der Waals surface area contributed by atoms with Gasteiger partial charge in [0.25, 0.3) is 0 Å². The highest BCUT2D eigenvalue weighted by Crippen LogP contribution is 2.46. The molecular weight excluding hydrogens is 278 g/mol. The van der Waals surface area contributed by atoms with E-state index in [9.17, 15) is 14.7 Å². The minimum absolute atomic E-state index is 0.0222. The molecule has 1 unspecified atom stereocenters. The van der Waals surface area contributed by atoms with Crippen LogP contribution in [0.2, 0.25) is 0 Å². The number of aromatic nitrogens is 1. The van der Waals surface area contributed by atoms with Crippen LogP contribution in [0.4, 0.5) is 0 Å². The number of Topliss-reactive ketones (excluding diaryl/α,β-unsaturated/α-hetero) is 1. The van der Waals surface area contributed by atoms with Crippen molar-refractivity contribution in [1.82, 2.24) is 4.98 Å². The lowest BCUT2D eigenvalue weighted by atomic mass is 9.67. The second-order valence-electron chi connectivity index (χ2n) is 6.29. The summed E-state index contributed by atoms with van der Waals surface area (Å²) in [6.07, 6.45) is 4.18. The normalized spacial score (nSPS) is 24.2. The Balaban J connectivity index is 2.63. The van der Waals surface area contributed by atoms with E-state index in [0.29, 0.717) is 19.3 Å². The SMILES string of the molecule is CCC1(C)CC(=O)CC/C1=C(\CC(=O)O)c1cccnc1C. The number of aryl methyl sites for hydroxylation is 1. The second kappa shape index (κ2) is 6.42. The quantitative estimate of drug-likeness (QED) is 0.918. The molecule has 1 aliphatic rings. The number of ketones is 1. The third-order valence-electron chi connectivity index (χ3n) is 4.77. The van der Waals surface area contributed by atoms with E-state index in [1.54, 1.807) is 6.20 Å². The van der Waals surface area contributed by atoms with Crippen LogP contribution in [0.5, 0.6) is 0 Å². The van der Waals surface area contributed by atoms with Gasteiger partial charge in [0.2, 0.25) is 0 Å². The van der Waals surface area contributed by atoms with Gasteiger partial charge in [0.15, 0.2) is 0 Å². The van der Waals surface area contributed by atoms with Gasteiger partial charge in [0, 0.05) is 24.7 Å². The molecule has 1 saturated carbocycles. The van der Waals surface area contributed by atoms with Gasteiger partial charge in [0.1, 0.15) is 5.78 Å². The molecule has 0 amide bonds. The molecule has 1 heterocycles. The van der Waals surface area contributed by atoms with E-state index in [2.05, 4.69) is 18.8 Å². The van der Waals surface area contributed by atoms with Gasteiger partial charge in [0.05, 0.1) is 6.42 Å². The molecule has 1 fully saturated rings. The van der Waals surface area contributed by atoms with Crippen molar-refractivity contribution in [2.45, 2.75) is 52.9 Å². The molecule has 0 spiro atoms. The van der Waals surface area contributed by atoms with Gasteiger partial charge in [-0.3, -0.25) is 14.6 Å². The first kappa shape index (κ1) is 16.4. The summed E-state index contributed by atoms with van der Waals surface area (Å²) in [5.74, 6) is -0.577. The summed E-state index contributed by atoms with van der Waals surface area (Å²) in [5.41, 5.74) is 3.45. The molecule has 0 aliphatic heterocycles. The van der Waals surface area contributed by atoms with Crippen molar-refractivity contribution in [1.29, 1.82) is 0 Å². The monoisotopic (exact) mass is 301 g/mol. The van der Waals surface area contributed by atoms with Gasteiger partial charge < -0.3 is 5.11 Å². The number of rotatable bonds is 4. The van der Waals surface area contributed by atoms with E-state index in [4.69, 9.17) is 0 Å². The molecule has 4 nitrogen and oxygen atoms in total. The molecule has 1 aromatic heterocycles. The maximum atomic E-state index is 11.9. The number of carboxylic acid groups (broad SMARTS) is 1. The van der Waals surface area contributed by atoms with E-state index in [1.165, 1.54) is 0 Å². The van der Waals surface area contributed by atoms with E-state index < -0.39 is 5.97 Å². The maximum Gasteiger partial charge on any atom is 0.307 e.